The molecule has 3 heterocycles. The summed E-state index contributed by atoms with van der Waals surface area (Å²) in [5.41, 5.74) is -1.66. The van der Waals surface area contributed by atoms with Crippen molar-refractivity contribution in [1.82, 2.24) is 20.4 Å². The van der Waals surface area contributed by atoms with Crippen LogP contribution in [0.1, 0.15) is 83.8 Å². The molecule has 0 aromatic heterocycles. The Hall–Kier alpha value is -4.49. The number of carbonyl (C=O) groups excluding carboxylic acids is 6. The number of hydrogen-bond acceptors (Lipinski definition) is 9. The number of β-lactam (4-membered cyclic amide) rings is 2. The van der Waals surface area contributed by atoms with Gasteiger partial charge in [0.25, 0.3) is 11.8 Å². The fourth-order valence-corrected chi connectivity index (χ4v) is 6.63. The van der Waals surface area contributed by atoms with Gasteiger partial charge in [-0.3, -0.25) is 29.4 Å². The molecular formula is C35H45FN4O9. The summed E-state index contributed by atoms with van der Waals surface area (Å²) in [6.45, 7) is 7.11. The zero-order chi connectivity index (χ0) is 35.5. The monoisotopic (exact) mass is 684 g/mol. The zero-order valence-electron chi connectivity index (χ0n) is 28.4. The summed E-state index contributed by atoms with van der Waals surface area (Å²) in [6.07, 6.45) is 5.10. The summed E-state index contributed by atoms with van der Waals surface area (Å²) < 4.78 is 30.4. The molecule has 1 aromatic carbocycles. The van der Waals surface area contributed by atoms with E-state index in [1.54, 1.807) is 39.8 Å². The first-order valence-corrected chi connectivity index (χ1v) is 17.0. The van der Waals surface area contributed by atoms with E-state index in [0.717, 1.165) is 30.6 Å². The van der Waals surface area contributed by atoms with Gasteiger partial charge >= 0.3 is 18.2 Å². The number of hydrogen-bond donors (Lipinski definition) is 2. The minimum absolute atomic E-state index is 0.00707. The lowest BCUT2D eigenvalue weighted by Crippen LogP contribution is -2.76. The second kappa shape index (κ2) is 14.6. The van der Waals surface area contributed by atoms with E-state index in [2.05, 4.69) is 10.6 Å². The van der Waals surface area contributed by atoms with Crippen LogP contribution in [-0.4, -0.2) is 82.1 Å². The molecule has 1 aliphatic carbocycles. The number of alkyl carbamates (subject to hydrolysis) is 1. The van der Waals surface area contributed by atoms with Crippen LogP contribution in [0.15, 0.2) is 30.4 Å². The molecule has 5 rings (SSSR count). The maximum Gasteiger partial charge on any atom is 0.410 e. The van der Waals surface area contributed by atoms with Gasteiger partial charge in [0.2, 0.25) is 11.4 Å². The SMILES string of the molecule is CCOC(=O)[C@H]1C[C@H]1/C=C\CCCCC[C@H](NC(=O)OC(C)(C)C)C(=O)N1C[C@H](OC(=O)N2Cc3cccc(F)c3C2)CC12C(=O)NC2=O. The lowest BCUT2D eigenvalue weighted by molar-refractivity contribution is -0.165. The molecule has 3 fully saturated rings. The Morgan fingerprint density at radius 2 is 1.88 bits per heavy atom. The molecule has 2 saturated heterocycles. The van der Waals surface area contributed by atoms with E-state index in [9.17, 15) is 33.2 Å². The summed E-state index contributed by atoms with van der Waals surface area (Å²) in [6, 6.07) is 3.48. The summed E-state index contributed by atoms with van der Waals surface area (Å²) in [4.78, 5) is 80.1. The number of esters is 1. The van der Waals surface area contributed by atoms with Crippen molar-refractivity contribution in [2.75, 3.05) is 13.2 Å². The molecule has 0 bridgehead atoms. The molecule has 1 aromatic rings. The Bertz CT molecular complexity index is 1510. The van der Waals surface area contributed by atoms with Crippen LogP contribution in [0.25, 0.3) is 0 Å². The number of fused-ring (bicyclic) bond motifs is 1. The van der Waals surface area contributed by atoms with E-state index in [-0.39, 0.29) is 50.3 Å². The number of imide groups is 1. The predicted molar refractivity (Wildman–Crippen MR) is 172 cm³/mol. The van der Waals surface area contributed by atoms with Crippen LogP contribution >= 0.6 is 0 Å². The molecule has 2 N–H and O–H groups in total. The van der Waals surface area contributed by atoms with E-state index in [0.29, 0.717) is 24.2 Å². The molecule has 13 nitrogen and oxygen atoms in total. The van der Waals surface area contributed by atoms with Crippen molar-refractivity contribution in [3.63, 3.8) is 0 Å². The van der Waals surface area contributed by atoms with Crippen LogP contribution in [0.3, 0.4) is 0 Å². The Labute approximate surface area is 284 Å². The number of amides is 5. The van der Waals surface area contributed by atoms with Crippen LogP contribution in [0.5, 0.6) is 0 Å². The molecular weight excluding hydrogens is 639 g/mol. The average Bonchev–Trinajstić information content (AvgIpc) is 3.47. The van der Waals surface area contributed by atoms with Crippen molar-refractivity contribution in [3.8, 4) is 0 Å². The van der Waals surface area contributed by atoms with Gasteiger partial charge in [0.15, 0.2) is 0 Å². The third kappa shape index (κ3) is 8.05. The first-order chi connectivity index (χ1) is 23.2. The van der Waals surface area contributed by atoms with Gasteiger partial charge in [-0.05, 0) is 70.9 Å². The number of halogens is 1. The Balaban J connectivity index is 1.20. The molecule has 14 heteroatoms. The van der Waals surface area contributed by atoms with Crippen molar-refractivity contribution in [1.29, 1.82) is 0 Å². The predicted octanol–water partition coefficient (Wildman–Crippen LogP) is 3.87. The molecule has 49 heavy (non-hydrogen) atoms. The van der Waals surface area contributed by atoms with Crippen molar-refractivity contribution >= 4 is 35.9 Å². The molecule has 1 saturated carbocycles. The highest BCUT2D eigenvalue weighted by Crippen LogP contribution is 2.41. The smallest absolute Gasteiger partial charge is 0.410 e. The second-order valence-corrected chi connectivity index (χ2v) is 14.1. The number of likely N-dealkylation sites (tertiary alicyclic amines) is 1. The van der Waals surface area contributed by atoms with E-state index in [4.69, 9.17) is 14.2 Å². The van der Waals surface area contributed by atoms with Crippen molar-refractivity contribution < 1.29 is 47.4 Å². The summed E-state index contributed by atoms with van der Waals surface area (Å²) in [5, 5.41) is 4.80. The molecule has 4 atom stereocenters. The number of benzene rings is 1. The Morgan fingerprint density at radius 3 is 2.55 bits per heavy atom. The highest BCUT2D eigenvalue weighted by molar-refractivity contribution is 6.27. The second-order valence-electron chi connectivity index (χ2n) is 14.1. The fraction of sp³-hybridized carbons (Fsp3) is 0.600. The van der Waals surface area contributed by atoms with Crippen molar-refractivity contribution in [2.45, 2.75) is 109 Å². The van der Waals surface area contributed by atoms with Crippen LogP contribution in [0, 0.1) is 17.7 Å². The number of unbranched alkanes of at least 4 members (excludes halogenated alkanes) is 3. The van der Waals surface area contributed by atoms with Gasteiger partial charge in [0, 0.05) is 18.5 Å². The zero-order valence-corrected chi connectivity index (χ0v) is 28.4. The average molecular weight is 685 g/mol. The third-order valence-corrected chi connectivity index (χ3v) is 9.23. The standard InChI is InChI=1S/C35H45FN4O9/c1-5-47-29(42)24-16-21(24)12-9-7-6-8-10-15-27(37-32(45)49-34(2,3)4)28(41)40-19-23(17-35(40)30(43)38-31(35)44)48-33(46)39-18-22-13-11-14-26(36)25(22)20-39/h9,11-14,21,23-24,27H,5-8,10,15-20H2,1-4H3,(H,37,45)(H,38,43,44)/b12-9-/t21-,23-,24+,27+/m1/s1. The fourth-order valence-electron chi connectivity index (χ4n) is 6.63. The normalized spacial score (nSPS) is 22.8. The summed E-state index contributed by atoms with van der Waals surface area (Å²) in [5.74, 6) is -2.50. The van der Waals surface area contributed by atoms with Gasteiger partial charge in [-0.2, -0.15) is 0 Å². The van der Waals surface area contributed by atoms with Crippen molar-refractivity contribution in [2.24, 2.45) is 11.8 Å². The number of ether oxygens (including phenoxy) is 3. The Morgan fingerprint density at radius 1 is 1.12 bits per heavy atom. The first-order valence-electron chi connectivity index (χ1n) is 17.0. The number of rotatable bonds is 12. The number of allylic oxidation sites excluding steroid dienone is 2. The molecule has 266 valence electrons. The van der Waals surface area contributed by atoms with E-state index >= 15 is 0 Å². The van der Waals surface area contributed by atoms with E-state index in [1.807, 2.05) is 12.2 Å². The van der Waals surface area contributed by atoms with Crippen LogP contribution < -0.4 is 10.6 Å². The van der Waals surface area contributed by atoms with Gasteiger partial charge in [-0.1, -0.05) is 37.1 Å². The van der Waals surface area contributed by atoms with Crippen LogP contribution in [0.4, 0.5) is 14.0 Å². The van der Waals surface area contributed by atoms with Crippen LogP contribution in [-0.2, 0) is 46.5 Å². The maximum atomic E-state index is 14.3. The highest BCUT2D eigenvalue weighted by atomic mass is 19.1. The van der Waals surface area contributed by atoms with Gasteiger partial charge in [0.05, 0.1) is 25.6 Å². The van der Waals surface area contributed by atoms with Gasteiger partial charge in [-0.15, -0.1) is 0 Å². The first kappa shape index (κ1) is 35.8. The maximum absolute atomic E-state index is 14.3. The lowest BCUT2D eigenvalue weighted by atomic mass is 9.85. The molecule has 4 aliphatic rings. The quantitative estimate of drug-likeness (QED) is 0.0832. The number of nitrogens with zero attached hydrogens (tertiary/aromatic N) is 2. The largest absolute Gasteiger partial charge is 0.466 e. The minimum atomic E-state index is -1.87. The molecule has 0 radical (unpaired) electrons. The summed E-state index contributed by atoms with van der Waals surface area (Å²) >= 11 is 0. The lowest BCUT2D eigenvalue weighted by Gasteiger charge is -2.42. The molecule has 1 spiro atoms. The number of carbonyl (C=O) groups is 6. The molecule has 5 amide bonds. The topological polar surface area (TPSA) is 161 Å². The van der Waals surface area contributed by atoms with E-state index < -0.39 is 59.0 Å². The highest BCUT2D eigenvalue weighted by Gasteiger charge is 2.66. The van der Waals surface area contributed by atoms with Crippen LogP contribution in [0.2, 0.25) is 0 Å². The van der Waals surface area contributed by atoms with Gasteiger partial charge in [-0.25, -0.2) is 14.0 Å². The third-order valence-electron chi connectivity index (χ3n) is 9.23. The van der Waals surface area contributed by atoms with Gasteiger partial charge in [0.1, 0.15) is 23.6 Å². The molecule has 3 aliphatic heterocycles. The van der Waals surface area contributed by atoms with E-state index in [1.165, 1.54) is 11.0 Å². The van der Waals surface area contributed by atoms with Crippen molar-refractivity contribution in [3.05, 3.63) is 47.3 Å². The molecule has 0 unspecified atom stereocenters. The Kier molecular flexibility index (Phi) is 10.6. The summed E-state index contributed by atoms with van der Waals surface area (Å²) in [7, 11) is 0. The number of nitrogens with one attached hydrogen (secondary N) is 2. The van der Waals surface area contributed by atoms with Gasteiger partial charge < -0.3 is 24.4 Å². The minimum Gasteiger partial charge on any atom is -0.466 e.